The first kappa shape index (κ1) is 22.3. The van der Waals surface area contributed by atoms with Crippen LogP contribution in [0.4, 0.5) is 16.5 Å². The molecule has 0 bridgehead atoms. The highest BCUT2D eigenvalue weighted by atomic mass is 32.1. The average molecular weight is 462 g/mol. The highest BCUT2D eigenvalue weighted by Crippen LogP contribution is 2.28. The van der Waals surface area contributed by atoms with Gasteiger partial charge in [0.2, 0.25) is 0 Å². The smallest absolute Gasteiger partial charge is 0.338 e. The van der Waals surface area contributed by atoms with Gasteiger partial charge < -0.3 is 15.4 Å². The van der Waals surface area contributed by atoms with Crippen LogP contribution in [0.5, 0.6) is 0 Å². The van der Waals surface area contributed by atoms with Crippen LogP contribution in [0, 0.1) is 6.92 Å². The van der Waals surface area contributed by atoms with Crippen LogP contribution in [0.25, 0.3) is 11.0 Å². The Morgan fingerprint density at radius 1 is 1.00 bits per heavy atom. The van der Waals surface area contributed by atoms with Crippen LogP contribution in [0.3, 0.4) is 0 Å². The summed E-state index contributed by atoms with van der Waals surface area (Å²) in [5.41, 5.74) is 2.94. The van der Waals surface area contributed by atoms with Crippen LogP contribution in [0.1, 0.15) is 47.2 Å². The van der Waals surface area contributed by atoms with Crippen LogP contribution in [-0.2, 0) is 4.74 Å². The van der Waals surface area contributed by atoms with Crippen molar-refractivity contribution in [2.45, 2.75) is 33.3 Å². The summed E-state index contributed by atoms with van der Waals surface area (Å²) in [6.07, 6.45) is 1.62. The Morgan fingerprint density at radius 3 is 2.39 bits per heavy atom. The van der Waals surface area contributed by atoms with Gasteiger partial charge >= 0.3 is 5.97 Å². The maximum Gasteiger partial charge on any atom is 0.338 e. The number of hydrogen-bond donors (Lipinski definition) is 2. The molecule has 168 valence electrons. The lowest BCUT2D eigenvalue weighted by Gasteiger charge is -2.19. The van der Waals surface area contributed by atoms with E-state index in [-0.39, 0.29) is 5.91 Å². The number of aryl methyl sites for hydroxylation is 1. The van der Waals surface area contributed by atoms with E-state index in [4.69, 9.17) is 4.74 Å². The zero-order valence-electron chi connectivity index (χ0n) is 18.7. The van der Waals surface area contributed by atoms with Crippen LogP contribution >= 0.6 is 11.5 Å². The Bertz CT molecular complexity index is 1330. The summed E-state index contributed by atoms with van der Waals surface area (Å²) in [5, 5.41) is 6.58. The van der Waals surface area contributed by atoms with Crippen molar-refractivity contribution >= 4 is 50.9 Å². The van der Waals surface area contributed by atoms with Crippen molar-refractivity contribution in [2.24, 2.45) is 0 Å². The van der Waals surface area contributed by atoms with Crippen molar-refractivity contribution < 1.29 is 14.3 Å². The number of benzene rings is 2. The van der Waals surface area contributed by atoms with E-state index in [0.717, 1.165) is 11.0 Å². The van der Waals surface area contributed by atoms with Crippen molar-refractivity contribution in [3.63, 3.8) is 0 Å². The molecule has 0 unspecified atom stereocenters. The Kier molecular flexibility index (Phi) is 6.06. The zero-order valence-corrected chi connectivity index (χ0v) is 19.5. The number of ether oxygens (including phenoxy) is 1. The first-order chi connectivity index (χ1) is 15.7. The molecule has 2 heterocycles. The molecule has 0 saturated heterocycles. The van der Waals surface area contributed by atoms with E-state index in [1.165, 1.54) is 11.5 Å². The minimum Gasteiger partial charge on any atom is -0.456 e. The van der Waals surface area contributed by atoms with Gasteiger partial charge in [-0.05, 0) is 75.6 Å². The topological polar surface area (TPSA) is 106 Å². The van der Waals surface area contributed by atoms with E-state index >= 15 is 0 Å². The van der Waals surface area contributed by atoms with Gasteiger partial charge in [0.1, 0.15) is 16.4 Å². The number of carbonyl (C=O) groups excluding carboxylic acids is 2. The number of hydrogen-bond acceptors (Lipinski definition) is 8. The highest BCUT2D eigenvalue weighted by Gasteiger charge is 2.21. The molecule has 0 saturated carbocycles. The van der Waals surface area contributed by atoms with Crippen LogP contribution < -0.4 is 10.6 Å². The van der Waals surface area contributed by atoms with Gasteiger partial charge in [-0.2, -0.15) is 4.37 Å². The van der Waals surface area contributed by atoms with E-state index in [2.05, 4.69) is 25.0 Å². The molecule has 0 fully saturated rings. The summed E-state index contributed by atoms with van der Waals surface area (Å²) < 4.78 is 9.68. The van der Waals surface area contributed by atoms with Gasteiger partial charge in [0.05, 0.1) is 34.1 Å². The molecule has 0 radical (unpaired) electrons. The molecule has 0 spiro atoms. The molecule has 2 aromatic carbocycles. The fraction of sp³-hybridized carbons (Fsp3) is 0.208. The maximum atomic E-state index is 13.0. The van der Waals surface area contributed by atoms with Gasteiger partial charge in [0, 0.05) is 5.69 Å². The number of fused-ring (bicyclic) bond motifs is 1. The van der Waals surface area contributed by atoms with E-state index in [1.807, 2.05) is 45.0 Å². The van der Waals surface area contributed by atoms with Gasteiger partial charge in [-0.3, -0.25) is 9.78 Å². The minimum atomic E-state index is -0.577. The fourth-order valence-electron chi connectivity index (χ4n) is 3.08. The van der Waals surface area contributed by atoms with Crippen molar-refractivity contribution in [3.8, 4) is 0 Å². The summed E-state index contributed by atoms with van der Waals surface area (Å²) >= 11 is 1.18. The third-order valence-corrected chi connectivity index (χ3v) is 5.41. The van der Waals surface area contributed by atoms with Gasteiger partial charge in [0.15, 0.2) is 0 Å². The molecule has 4 aromatic rings. The molecule has 2 N–H and O–H groups in total. The first-order valence-corrected chi connectivity index (χ1v) is 11.1. The number of para-hydroxylation sites is 2. The Balaban J connectivity index is 1.50. The van der Waals surface area contributed by atoms with Crippen molar-refractivity contribution in [1.29, 1.82) is 0 Å². The molecule has 0 atom stereocenters. The second-order valence-corrected chi connectivity index (χ2v) is 9.15. The minimum absolute atomic E-state index is 0.317. The van der Waals surface area contributed by atoms with Crippen molar-refractivity contribution in [2.75, 3.05) is 10.6 Å². The van der Waals surface area contributed by atoms with Gasteiger partial charge in [-0.15, -0.1) is 0 Å². The number of aromatic nitrogens is 3. The number of rotatable bonds is 5. The van der Waals surface area contributed by atoms with E-state index in [0.29, 0.717) is 33.3 Å². The lowest BCUT2D eigenvalue weighted by atomic mass is 10.1. The summed E-state index contributed by atoms with van der Waals surface area (Å²) in [7, 11) is 0. The number of nitrogens with one attached hydrogen (secondary N) is 2. The SMILES string of the molecule is Cc1nsc(Nc2cnc3ccccc3n2)c1C(=O)Nc1ccc(C(=O)OC(C)(C)C)cc1. The number of anilines is 3. The average Bonchev–Trinajstić information content (AvgIpc) is 3.13. The summed E-state index contributed by atoms with van der Waals surface area (Å²) in [4.78, 5) is 34.1. The molecule has 8 nitrogen and oxygen atoms in total. The molecule has 2 aromatic heterocycles. The number of carbonyl (C=O) groups is 2. The van der Waals surface area contributed by atoms with E-state index < -0.39 is 11.6 Å². The predicted molar refractivity (Wildman–Crippen MR) is 129 cm³/mol. The van der Waals surface area contributed by atoms with Gasteiger partial charge in [-0.1, -0.05) is 12.1 Å². The van der Waals surface area contributed by atoms with Crippen molar-refractivity contribution in [1.82, 2.24) is 14.3 Å². The van der Waals surface area contributed by atoms with Crippen LogP contribution in [0.15, 0.2) is 54.7 Å². The Morgan fingerprint density at radius 2 is 1.70 bits per heavy atom. The quantitative estimate of drug-likeness (QED) is 0.386. The second-order valence-electron chi connectivity index (χ2n) is 8.37. The Labute approximate surface area is 195 Å². The predicted octanol–water partition coefficient (Wildman–Crippen LogP) is 5.35. The lowest BCUT2D eigenvalue weighted by molar-refractivity contribution is 0.00695. The number of esters is 1. The third kappa shape index (κ3) is 5.32. The molecular weight excluding hydrogens is 438 g/mol. The van der Waals surface area contributed by atoms with Crippen LogP contribution in [0.2, 0.25) is 0 Å². The molecular formula is C24H23N5O3S. The van der Waals surface area contributed by atoms with Crippen LogP contribution in [-0.4, -0.2) is 31.8 Å². The summed E-state index contributed by atoms with van der Waals surface area (Å²) in [6, 6.07) is 14.1. The molecule has 33 heavy (non-hydrogen) atoms. The van der Waals surface area contributed by atoms with Crippen molar-refractivity contribution in [3.05, 3.63) is 71.5 Å². The molecule has 1 amide bonds. The standard InChI is InChI=1S/C24H23N5O3S/c1-14-20(21(30)26-16-11-9-15(10-12-16)23(31)32-24(2,3)4)22(33-29-14)28-19-13-25-17-7-5-6-8-18(17)27-19/h5-13H,1-4H3,(H,26,30)(H,27,28). The molecule has 0 aliphatic carbocycles. The normalized spacial score (nSPS) is 11.3. The second kappa shape index (κ2) is 8.95. The summed E-state index contributed by atoms with van der Waals surface area (Å²) in [6.45, 7) is 7.21. The van der Waals surface area contributed by atoms with Gasteiger partial charge in [-0.25, -0.2) is 9.78 Å². The van der Waals surface area contributed by atoms with E-state index in [9.17, 15) is 9.59 Å². The maximum absolute atomic E-state index is 13.0. The Hall–Kier alpha value is -3.85. The molecule has 9 heteroatoms. The van der Waals surface area contributed by atoms with Gasteiger partial charge in [0.25, 0.3) is 5.91 Å². The number of amides is 1. The third-order valence-electron chi connectivity index (χ3n) is 4.56. The molecule has 0 aliphatic heterocycles. The molecule has 4 rings (SSSR count). The monoisotopic (exact) mass is 461 g/mol. The largest absolute Gasteiger partial charge is 0.456 e. The lowest BCUT2D eigenvalue weighted by Crippen LogP contribution is -2.23. The first-order valence-electron chi connectivity index (χ1n) is 10.3. The number of nitrogens with zero attached hydrogens (tertiary/aromatic N) is 3. The fourth-order valence-corrected chi connectivity index (χ4v) is 3.88. The molecule has 0 aliphatic rings. The highest BCUT2D eigenvalue weighted by molar-refractivity contribution is 7.10. The van der Waals surface area contributed by atoms with E-state index in [1.54, 1.807) is 37.4 Å². The zero-order chi connectivity index (χ0) is 23.6. The summed E-state index contributed by atoms with van der Waals surface area (Å²) in [5.74, 6) is -0.211.